The monoisotopic (exact) mass is 274 g/mol. The van der Waals surface area contributed by atoms with Gasteiger partial charge in [-0.3, -0.25) is 4.79 Å². The van der Waals surface area contributed by atoms with Gasteiger partial charge in [0.1, 0.15) is 6.33 Å². The van der Waals surface area contributed by atoms with Gasteiger partial charge in [0, 0.05) is 25.0 Å². The Kier molecular flexibility index (Phi) is 4.19. The third kappa shape index (κ3) is 2.87. The van der Waals surface area contributed by atoms with Gasteiger partial charge in [-0.15, -0.1) is 10.2 Å². The van der Waals surface area contributed by atoms with Crippen LogP contribution in [0.15, 0.2) is 24.5 Å². The van der Waals surface area contributed by atoms with Crippen molar-refractivity contribution in [3.05, 3.63) is 35.9 Å². The molecule has 7 heteroatoms. The van der Waals surface area contributed by atoms with Gasteiger partial charge in [0.05, 0.1) is 12.1 Å². The van der Waals surface area contributed by atoms with Gasteiger partial charge in [-0.05, 0) is 25.1 Å². The van der Waals surface area contributed by atoms with Crippen LogP contribution in [0.25, 0.3) is 0 Å². The predicted octanol–water partition coefficient (Wildman–Crippen LogP) is 0.852. The van der Waals surface area contributed by atoms with Crippen molar-refractivity contribution in [3.63, 3.8) is 0 Å². The summed E-state index contributed by atoms with van der Waals surface area (Å²) in [7, 11) is 1.59. The third-order valence-electron chi connectivity index (χ3n) is 2.99. The maximum absolute atomic E-state index is 11.8. The summed E-state index contributed by atoms with van der Waals surface area (Å²) in [6, 6.07) is 5.13. The van der Waals surface area contributed by atoms with Crippen LogP contribution in [0, 0.1) is 0 Å². The molecular formula is C13H18N6O. The summed E-state index contributed by atoms with van der Waals surface area (Å²) in [6.45, 7) is 3.29. The van der Waals surface area contributed by atoms with E-state index < -0.39 is 0 Å². The van der Waals surface area contributed by atoms with E-state index >= 15 is 0 Å². The molecule has 1 aromatic heterocycles. The van der Waals surface area contributed by atoms with Crippen molar-refractivity contribution < 1.29 is 4.79 Å². The van der Waals surface area contributed by atoms with Crippen LogP contribution in [0.5, 0.6) is 0 Å². The fourth-order valence-corrected chi connectivity index (χ4v) is 1.90. The number of rotatable bonds is 5. The zero-order valence-electron chi connectivity index (χ0n) is 11.6. The third-order valence-corrected chi connectivity index (χ3v) is 2.99. The predicted molar refractivity (Wildman–Crippen MR) is 77.3 cm³/mol. The lowest BCUT2D eigenvalue weighted by Gasteiger charge is -2.12. The number of amides is 1. The van der Waals surface area contributed by atoms with Gasteiger partial charge in [0.25, 0.3) is 5.91 Å². The van der Waals surface area contributed by atoms with E-state index in [0.29, 0.717) is 23.5 Å². The standard InChI is InChI=1S/C13H18N6O/c1-3-19-8-17-18-12(19)7-16-11-6-9(14)4-5-10(11)13(20)15-2/h4-6,8,16H,3,7,14H2,1-2H3,(H,15,20). The van der Waals surface area contributed by atoms with Gasteiger partial charge in [-0.1, -0.05) is 0 Å². The van der Waals surface area contributed by atoms with E-state index in [1.54, 1.807) is 31.6 Å². The highest BCUT2D eigenvalue weighted by molar-refractivity contribution is 6.00. The molecule has 0 bridgehead atoms. The molecular weight excluding hydrogens is 256 g/mol. The van der Waals surface area contributed by atoms with Gasteiger partial charge in [0.15, 0.2) is 5.82 Å². The van der Waals surface area contributed by atoms with Gasteiger partial charge in [-0.2, -0.15) is 0 Å². The van der Waals surface area contributed by atoms with E-state index in [0.717, 1.165) is 12.4 Å². The minimum atomic E-state index is -0.163. The van der Waals surface area contributed by atoms with E-state index in [1.807, 2.05) is 11.5 Å². The van der Waals surface area contributed by atoms with E-state index in [-0.39, 0.29) is 5.91 Å². The largest absolute Gasteiger partial charge is 0.399 e. The maximum Gasteiger partial charge on any atom is 0.253 e. The van der Waals surface area contributed by atoms with Crippen LogP contribution >= 0.6 is 0 Å². The van der Waals surface area contributed by atoms with Crippen molar-refractivity contribution in [2.75, 3.05) is 18.1 Å². The first-order valence-electron chi connectivity index (χ1n) is 6.37. The van der Waals surface area contributed by atoms with Crippen LogP contribution in [0.1, 0.15) is 23.1 Å². The summed E-state index contributed by atoms with van der Waals surface area (Å²) in [6.07, 6.45) is 1.68. The number of hydrogen-bond acceptors (Lipinski definition) is 5. The molecule has 0 saturated carbocycles. The van der Waals surface area contributed by atoms with Crippen molar-refractivity contribution in [2.45, 2.75) is 20.0 Å². The highest BCUT2D eigenvalue weighted by atomic mass is 16.1. The molecule has 0 saturated heterocycles. The Hall–Kier alpha value is -2.57. The van der Waals surface area contributed by atoms with Crippen LogP contribution < -0.4 is 16.4 Å². The number of carbonyl (C=O) groups excluding carboxylic acids is 1. The SMILES string of the molecule is CCn1cnnc1CNc1cc(N)ccc1C(=O)NC. The smallest absolute Gasteiger partial charge is 0.253 e. The molecule has 0 aliphatic heterocycles. The minimum Gasteiger partial charge on any atom is -0.399 e. The lowest BCUT2D eigenvalue weighted by atomic mass is 10.1. The fourth-order valence-electron chi connectivity index (χ4n) is 1.90. The first kappa shape index (κ1) is 13.9. The second-order valence-corrected chi connectivity index (χ2v) is 4.27. The molecule has 0 aliphatic carbocycles. The second kappa shape index (κ2) is 6.05. The molecule has 2 aromatic rings. The normalized spacial score (nSPS) is 10.3. The summed E-state index contributed by atoms with van der Waals surface area (Å²) < 4.78 is 1.93. The van der Waals surface area contributed by atoms with E-state index in [1.165, 1.54) is 0 Å². The highest BCUT2D eigenvalue weighted by Crippen LogP contribution is 2.19. The lowest BCUT2D eigenvalue weighted by molar-refractivity contribution is 0.0964. The van der Waals surface area contributed by atoms with Gasteiger partial charge < -0.3 is 20.9 Å². The Bertz CT molecular complexity index is 607. The summed E-state index contributed by atoms with van der Waals surface area (Å²) in [4.78, 5) is 11.8. The Morgan fingerprint density at radius 1 is 1.45 bits per heavy atom. The molecule has 106 valence electrons. The molecule has 1 amide bonds. The second-order valence-electron chi connectivity index (χ2n) is 4.27. The van der Waals surface area contributed by atoms with E-state index in [2.05, 4.69) is 20.8 Å². The molecule has 0 fully saturated rings. The molecule has 0 atom stereocenters. The summed E-state index contributed by atoms with van der Waals surface area (Å²) in [5.41, 5.74) is 7.59. The molecule has 2 rings (SSSR count). The molecule has 20 heavy (non-hydrogen) atoms. The van der Waals surface area contributed by atoms with Crippen molar-refractivity contribution in [2.24, 2.45) is 0 Å². The summed E-state index contributed by atoms with van der Waals surface area (Å²) in [5, 5.41) is 13.7. The first-order valence-corrected chi connectivity index (χ1v) is 6.37. The number of aromatic nitrogens is 3. The van der Waals surface area contributed by atoms with E-state index in [9.17, 15) is 4.79 Å². The quantitative estimate of drug-likeness (QED) is 0.702. The number of benzene rings is 1. The number of hydrogen-bond donors (Lipinski definition) is 3. The average Bonchev–Trinajstić information content (AvgIpc) is 2.91. The van der Waals surface area contributed by atoms with Crippen LogP contribution in [-0.4, -0.2) is 27.7 Å². The van der Waals surface area contributed by atoms with Gasteiger partial charge in [-0.25, -0.2) is 0 Å². The summed E-state index contributed by atoms with van der Waals surface area (Å²) >= 11 is 0. The van der Waals surface area contributed by atoms with Crippen LogP contribution in [0.3, 0.4) is 0 Å². The maximum atomic E-state index is 11.8. The van der Waals surface area contributed by atoms with Crippen molar-refractivity contribution in [1.29, 1.82) is 0 Å². The molecule has 1 aromatic carbocycles. The van der Waals surface area contributed by atoms with Crippen molar-refractivity contribution in [3.8, 4) is 0 Å². The molecule has 0 radical (unpaired) electrons. The Morgan fingerprint density at radius 2 is 2.25 bits per heavy atom. The number of aryl methyl sites for hydroxylation is 1. The number of carbonyl (C=O) groups is 1. The molecule has 0 unspecified atom stereocenters. The molecule has 1 heterocycles. The Labute approximate surface area is 117 Å². The summed E-state index contributed by atoms with van der Waals surface area (Å²) in [5.74, 6) is 0.641. The topological polar surface area (TPSA) is 97.9 Å². The molecule has 4 N–H and O–H groups in total. The Morgan fingerprint density at radius 3 is 2.95 bits per heavy atom. The van der Waals surface area contributed by atoms with Gasteiger partial charge in [0.2, 0.25) is 0 Å². The zero-order valence-corrected chi connectivity index (χ0v) is 11.6. The van der Waals surface area contributed by atoms with Crippen LogP contribution in [0.4, 0.5) is 11.4 Å². The minimum absolute atomic E-state index is 0.163. The van der Waals surface area contributed by atoms with Crippen LogP contribution in [0.2, 0.25) is 0 Å². The van der Waals surface area contributed by atoms with Crippen molar-refractivity contribution >= 4 is 17.3 Å². The molecule has 0 aliphatic rings. The van der Waals surface area contributed by atoms with E-state index in [4.69, 9.17) is 5.73 Å². The highest BCUT2D eigenvalue weighted by Gasteiger charge is 2.11. The number of nitrogens with zero attached hydrogens (tertiary/aromatic N) is 3. The fraction of sp³-hybridized carbons (Fsp3) is 0.308. The molecule has 0 spiro atoms. The average molecular weight is 274 g/mol. The number of nitrogens with one attached hydrogen (secondary N) is 2. The zero-order chi connectivity index (χ0) is 14.5. The van der Waals surface area contributed by atoms with Gasteiger partial charge >= 0.3 is 0 Å². The molecule has 7 nitrogen and oxygen atoms in total. The lowest BCUT2D eigenvalue weighted by Crippen LogP contribution is -2.20. The van der Waals surface area contributed by atoms with Crippen LogP contribution in [-0.2, 0) is 13.1 Å². The Balaban J connectivity index is 2.20. The number of nitrogens with two attached hydrogens (primary N) is 1. The number of nitrogen functional groups attached to an aromatic ring is 1. The number of anilines is 2. The first-order chi connectivity index (χ1) is 9.65. The van der Waals surface area contributed by atoms with Crippen molar-refractivity contribution in [1.82, 2.24) is 20.1 Å².